The van der Waals surface area contributed by atoms with Crippen LogP contribution in [0.4, 0.5) is 14.9 Å². The monoisotopic (exact) mass is 588 g/mol. The van der Waals surface area contributed by atoms with E-state index in [0.29, 0.717) is 6.54 Å². The van der Waals surface area contributed by atoms with E-state index in [0.717, 1.165) is 27.8 Å². The molecule has 2 heterocycles. The number of rotatable bonds is 5. The Kier molecular flexibility index (Phi) is 17.1. The number of allylic oxidation sites excluding steroid dienone is 3. The van der Waals surface area contributed by atoms with Crippen molar-refractivity contribution in [2.24, 2.45) is 0 Å². The predicted molar refractivity (Wildman–Crippen MR) is 173 cm³/mol. The zero-order valence-electron chi connectivity index (χ0n) is 27.8. The Balaban J connectivity index is 0.00000166. The number of alkyl halides is 1. The van der Waals surface area contributed by atoms with E-state index < -0.39 is 11.3 Å². The molecule has 3 rings (SSSR count). The van der Waals surface area contributed by atoms with Crippen LogP contribution in [0.15, 0.2) is 42.5 Å². The second-order valence-corrected chi connectivity index (χ2v) is 10.0. The highest BCUT2D eigenvalue weighted by Crippen LogP contribution is 2.42. The smallest absolute Gasteiger partial charge is 0.323 e. The van der Waals surface area contributed by atoms with Crippen molar-refractivity contribution in [3.05, 3.63) is 53.8 Å². The number of carbonyl (C=O) groups is 3. The third-order valence-electron chi connectivity index (χ3n) is 6.40. The topological polar surface area (TPSA) is 86.0 Å². The van der Waals surface area contributed by atoms with Crippen molar-refractivity contribution in [3.8, 4) is 0 Å². The Morgan fingerprint density at radius 2 is 1.71 bits per heavy atom. The fourth-order valence-electron chi connectivity index (χ4n) is 4.69. The lowest BCUT2D eigenvalue weighted by molar-refractivity contribution is -0.145. The lowest BCUT2D eigenvalue weighted by Gasteiger charge is -2.30. The van der Waals surface area contributed by atoms with E-state index in [9.17, 15) is 18.8 Å². The first-order valence-corrected chi connectivity index (χ1v) is 14.8. The number of fused-ring (bicyclic) bond motifs is 3. The molecule has 1 N–H and O–H groups in total. The summed E-state index contributed by atoms with van der Waals surface area (Å²) in [6, 6.07) is 5.67. The molecular weight excluding hydrogens is 535 g/mol. The van der Waals surface area contributed by atoms with Gasteiger partial charge in [-0.15, -0.1) is 0 Å². The van der Waals surface area contributed by atoms with Crippen molar-refractivity contribution in [1.29, 1.82) is 0 Å². The molecule has 9 heteroatoms. The Labute approximate surface area is 252 Å². The second-order valence-electron chi connectivity index (χ2n) is 10.0. The number of urea groups is 1. The van der Waals surface area contributed by atoms with Crippen molar-refractivity contribution >= 4 is 34.5 Å². The van der Waals surface area contributed by atoms with Gasteiger partial charge in [-0.25, -0.2) is 9.18 Å². The van der Waals surface area contributed by atoms with Gasteiger partial charge in [0.1, 0.15) is 12.6 Å². The van der Waals surface area contributed by atoms with Crippen LogP contribution in [0.2, 0.25) is 0 Å². The van der Waals surface area contributed by atoms with E-state index in [1.54, 1.807) is 63.9 Å². The number of anilines is 1. The Bertz CT molecular complexity index is 1200. The number of nitrogens with zero attached hydrogens (tertiary/aromatic N) is 3. The average Bonchev–Trinajstić information content (AvgIpc) is 3.31. The fraction of sp³-hybridized carbons (Fsp3) is 0.545. The van der Waals surface area contributed by atoms with Gasteiger partial charge in [0, 0.05) is 61.9 Å². The number of hydrogen-bond donors (Lipinski definition) is 1. The third kappa shape index (κ3) is 9.74. The molecule has 42 heavy (non-hydrogen) atoms. The van der Waals surface area contributed by atoms with Crippen LogP contribution < -0.4 is 4.90 Å². The largest absolute Gasteiger partial charge is 0.465 e. The number of halogens is 1. The van der Waals surface area contributed by atoms with Gasteiger partial charge in [0.15, 0.2) is 0 Å². The van der Waals surface area contributed by atoms with Gasteiger partial charge in [0.2, 0.25) is 5.91 Å². The van der Waals surface area contributed by atoms with E-state index in [1.165, 1.54) is 17.1 Å². The molecule has 236 valence electrons. The molecule has 1 atom stereocenters. The van der Waals surface area contributed by atoms with Crippen LogP contribution in [-0.4, -0.2) is 80.2 Å². The Morgan fingerprint density at radius 1 is 1.10 bits per heavy atom. The maximum absolute atomic E-state index is 13.0. The zero-order chi connectivity index (χ0) is 32.6. The van der Waals surface area contributed by atoms with Gasteiger partial charge in [-0.3, -0.25) is 14.5 Å². The van der Waals surface area contributed by atoms with E-state index in [1.807, 2.05) is 45.9 Å². The molecule has 1 unspecified atom stereocenters. The van der Waals surface area contributed by atoms with Gasteiger partial charge in [0.05, 0.1) is 6.61 Å². The number of benzene rings is 1. The number of aromatic amines is 1. The maximum atomic E-state index is 13.0. The summed E-state index contributed by atoms with van der Waals surface area (Å²) in [6.45, 7) is 18.2. The van der Waals surface area contributed by atoms with Crippen molar-refractivity contribution in [2.75, 3.05) is 52.4 Å². The van der Waals surface area contributed by atoms with Crippen LogP contribution in [0.1, 0.15) is 79.5 Å². The van der Waals surface area contributed by atoms with Crippen molar-refractivity contribution in [2.45, 2.75) is 73.6 Å². The van der Waals surface area contributed by atoms with Crippen molar-refractivity contribution in [1.82, 2.24) is 14.8 Å². The summed E-state index contributed by atoms with van der Waals surface area (Å²) in [5.74, 6) is -1.12. The minimum Gasteiger partial charge on any atom is -0.465 e. The van der Waals surface area contributed by atoms with Crippen LogP contribution >= 0.6 is 0 Å². The minimum atomic E-state index is -0.632. The molecule has 0 bridgehead atoms. The molecule has 3 amide bonds. The highest BCUT2D eigenvalue weighted by Gasteiger charge is 2.41. The van der Waals surface area contributed by atoms with Crippen LogP contribution in [-0.2, 0) is 19.7 Å². The molecule has 0 saturated heterocycles. The summed E-state index contributed by atoms with van der Waals surface area (Å²) in [6.07, 6.45) is 6.38. The Morgan fingerprint density at radius 3 is 2.19 bits per heavy atom. The summed E-state index contributed by atoms with van der Waals surface area (Å²) in [4.78, 5) is 46.5. The van der Waals surface area contributed by atoms with Gasteiger partial charge in [-0.2, -0.15) is 0 Å². The molecule has 0 saturated carbocycles. The highest BCUT2D eigenvalue weighted by molar-refractivity contribution is 5.97. The number of carbonyl (C=O) groups excluding carboxylic acids is 3. The molecule has 2 aromatic rings. The molecular formula is C33H53FN4O4. The summed E-state index contributed by atoms with van der Waals surface area (Å²) >= 11 is 0. The molecule has 1 aromatic heterocycles. The number of H-pyrrole nitrogens is 1. The van der Waals surface area contributed by atoms with Gasteiger partial charge in [-0.1, -0.05) is 65.8 Å². The van der Waals surface area contributed by atoms with Crippen molar-refractivity contribution in [3.63, 3.8) is 0 Å². The quantitative estimate of drug-likeness (QED) is 0.227. The second kappa shape index (κ2) is 18.7. The number of esters is 1. The number of amides is 3. The molecule has 0 aliphatic carbocycles. The van der Waals surface area contributed by atoms with Gasteiger partial charge < -0.3 is 19.5 Å². The lowest BCUT2D eigenvalue weighted by atomic mass is 9.81. The number of hydrogen-bond acceptors (Lipinski definition) is 4. The molecule has 0 fully saturated rings. The highest BCUT2D eigenvalue weighted by atomic mass is 19.1. The van der Waals surface area contributed by atoms with Crippen molar-refractivity contribution < 1.29 is 23.5 Å². The summed E-state index contributed by atoms with van der Waals surface area (Å²) in [5.41, 5.74) is 2.93. The lowest BCUT2D eigenvalue weighted by Crippen LogP contribution is -2.40. The number of aromatic nitrogens is 1. The standard InChI is InChI=1S/C25H34N4O4.C4H7F.2C2H6/c1-8-10-20(30)29-14-18(23(31)33-9-2)22-21(25(3,4)15-29)17-12-11-16(13-19(17)26-22)28(7)24(32)27(5)6;1-2-3-4-5;2*1-2/h8,10-13,18,26H,9,14-15H2,1-7H3;2-3H,4H2,1H3;2*1-2H3/b10-8+;3-2-;;. The molecule has 0 spiro atoms. The maximum Gasteiger partial charge on any atom is 0.323 e. The summed E-state index contributed by atoms with van der Waals surface area (Å²) in [5, 5.41) is 0.971. The summed E-state index contributed by atoms with van der Waals surface area (Å²) < 4.78 is 16.3. The van der Waals surface area contributed by atoms with Crippen LogP contribution in [0.25, 0.3) is 10.9 Å². The third-order valence-corrected chi connectivity index (χ3v) is 6.40. The van der Waals surface area contributed by atoms with Gasteiger partial charge >= 0.3 is 12.0 Å². The molecule has 1 aromatic carbocycles. The first-order valence-electron chi connectivity index (χ1n) is 14.8. The first kappa shape index (κ1) is 38.4. The number of nitrogens with one attached hydrogen (secondary N) is 1. The van der Waals surface area contributed by atoms with Gasteiger partial charge in [0.25, 0.3) is 0 Å². The van der Waals surface area contributed by atoms with E-state index in [2.05, 4.69) is 18.8 Å². The minimum absolute atomic E-state index is 0.125. The normalized spacial score (nSPS) is 15.3. The SMILES string of the molecule is C/C=C/C(=O)N1CC(C(=O)OCC)c2[nH]c3cc(N(C)C(=O)N(C)C)ccc3c2C(C)(C)C1.C/C=C\CF.CC.CC. The fourth-order valence-corrected chi connectivity index (χ4v) is 4.69. The molecule has 0 radical (unpaired) electrons. The first-order chi connectivity index (χ1) is 19.9. The van der Waals surface area contributed by atoms with Crippen LogP contribution in [0, 0.1) is 0 Å². The van der Waals surface area contributed by atoms with E-state index in [-0.39, 0.29) is 37.7 Å². The average molecular weight is 589 g/mol. The zero-order valence-corrected chi connectivity index (χ0v) is 27.8. The van der Waals surface area contributed by atoms with Crippen LogP contribution in [0.3, 0.4) is 0 Å². The summed E-state index contributed by atoms with van der Waals surface area (Å²) in [7, 11) is 5.15. The molecule has 8 nitrogen and oxygen atoms in total. The van der Waals surface area contributed by atoms with E-state index in [4.69, 9.17) is 4.74 Å². The van der Waals surface area contributed by atoms with Crippen LogP contribution in [0.5, 0.6) is 0 Å². The number of ether oxygens (including phenoxy) is 1. The van der Waals surface area contributed by atoms with Gasteiger partial charge in [-0.05, 0) is 44.5 Å². The molecule has 1 aliphatic rings. The van der Waals surface area contributed by atoms with E-state index >= 15 is 0 Å². The predicted octanol–water partition coefficient (Wildman–Crippen LogP) is 7.21. The molecule has 1 aliphatic heterocycles. The Hall–Kier alpha value is -3.62.